The Hall–Kier alpha value is -1.20. The fraction of sp³-hybridized carbons (Fsp3) is 0.500. The number of aryl methyl sites for hydroxylation is 2. The van der Waals surface area contributed by atoms with Crippen molar-refractivity contribution in [2.75, 3.05) is 6.54 Å². The molecule has 0 spiro atoms. The van der Waals surface area contributed by atoms with Crippen LogP contribution in [0.3, 0.4) is 0 Å². The second-order valence-corrected chi connectivity index (χ2v) is 6.28. The Morgan fingerprint density at radius 3 is 2.90 bits per heavy atom. The molecule has 2 rings (SSSR count). The van der Waals surface area contributed by atoms with Gasteiger partial charge < -0.3 is 9.84 Å². The molecule has 0 radical (unpaired) electrons. The molecule has 21 heavy (non-hydrogen) atoms. The lowest BCUT2D eigenvalue weighted by atomic mass is 10.1. The number of nitrogens with one attached hydrogen (secondary N) is 1. The summed E-state index contributed by atoms with van der Waals surface area (Å²) in [6.45, 7) is 7.46. The van der Waals surface area contributed by atoms with E-state index < -0.39 is 0 Å². The number of hydrogen-bond donors (Lipinski definition) is 1. The molecule has 1 N–H and O–H groups in total. The van der Waals surface area contributed by atoms with E-state index in [4.69, 9.17) is 4.52 Å². The van der Waals surface area contributed by atoms with E-state index in [9.17, 15) is 0 Å². The van der Waals surface area contributed by atoms with Crippen molar-refractivity contribution in [3.63, 3.8) is 0 Å². The Kier molecular flexibility index (Phi) is 5.94. The predicted octanol–water partition coefficient (Wildman–Crippen LogP) is 4.13. The van der Waals surface area contributed by atoms with Crippen LogP contribution >= 0.6 is 15.9 Å². The lowest BCUT2D eigenvalue weighted by Gasteiger charge is -2.10. The number of nitrogens with zero attached hydrogens (tertiary/aromatic N) is 2. The van der Waals surface area contributed by atoms with Gasteiger partial charge in [-0.05, 0) is 57.0 Å². The van der Waals surface area contributed by atoms with Crippen molar-refractivity contribution in [3.8, 4) is 11.4 Å². The fourth-order valence-electron chi connectivity index (χ4n) is 2.18. The minimum absolute atomic E-state index is 0.467. The molecule has 2 aromatic rings. The molecule has 0 bridgehead atoms. The molecular formula is C16H22BrN3O. The number of aromatic nitrogens is 2. The molecule has 5 heteroatoms. The van der Waals surface area contributed by atoms with Gasteiger partial charge in [0.05, 0.1) is 0 Å². The van der Waals surface area contributed by atoms with E-state index in [1.165, 1.54) is 0 Å². The minimum atomic E-state index is 0.467. The van der Waals surface area contributed by atoms with Crippen LogP contribution < -0.4 is 5.32 Å². The van der Waals surface area contributed by atoms with Crippen LogP contribution in [0, 0.1) is 6.92 Å². The van der Waals surface area contributed by atoms with Crippen molar-refractivity contribution in [2.45, 2.75) is 46.1 Å². The Bertz CT molecular complexity index is 583. The molecule has 1 atom stereocenters. The van der Waals surface area contributed by atoms with E-state index in [1.807, 2.05) is 19.1 Å². The zero-order valence-electron chi connectivity index (χ0n) is 12.8. The number of hydrogen-bond acceptors (Lipinski definition) is 4. The third-order valence-corrected chi connectivity index (χ3v) is 3.92. The van der Waals surface area contributed by atoms with Crippen LogP contribution in [0.4, 0.5) is 0 Å². The minimum Gasteiger partial charge on any atom is -0.339 e. The molecule has 1 unspecified atom stereocenters. The fourth-order valence-corrected chi connectivity index (χ4v) is 2.65. The Morgan fingerprint density at radius 1 is 1.38 bits per heavy atom. The van der Waals surface area contributed by atoms with Crippen LogP contribution in [0.1, 0.15) is 38.1 Å². The maximum Gasteiger partial charge on any atom is 0.227 e. The summed E-state index contributed by atoms with van der Waals surface area (Å²) in [5.41, 5.74) is 2.15. The van der Waals surface area contributed by atoms with Crippen molar-refractivity contribution in [1.82, 2.24) is 15.5 Å². The molecule has 114 valence electrons. The summed E-state index contributed by atoms with van der Waals surface area (Å²) < 4.78 is 6.42. The molecule has 0 aliphatic rings. The molecule has 0 amide bonds. The second kappa shape index (κ2) is 7.71. The van der Waals surface area contributed by atoms with E-state index in [1.54, 1.807) is 0 Å². The highest BCUT2D eigenvalue weighted by Crippen LogP contribution is 2.24. The Labute approximate surface area is 134 Å². The quantitative estimate of drug-likeness (QED) is 0.814. The number of rotatable bonds is 7. The zero-order valence-corrected chi connectivity index (χ0v) is 14.4. The first-order valence-electron chi connectivity index (χ1n) is 7.42. The first-order valence-corrected chi connectivity index (χ1v) is 8.22. The van der Waals surface area contributed by atoms with Crippen LogP contribution in [-0.2, 0) is 6.42 Å². The summed E-state index contributed by atoms with van der Waals surface area (Å²) in [6.07, 6.45) is 2.96. The number of halogens is 1. The molecule has 4 nitrogen and oxygen atoms in total. The van der Waals surface area contributed by atoms with E-state index in [0.29, 0.717) is 17.8 Å². The van der Waals surface area contributed by atoms with Crippen molar-refractivity contribution >= 4 is 15.9 Å². The van der Waals surface area contributed by atoms with Crippen LogP contribution in [-0.4, -0.2) is 22.7 Å². The zero-order chi connectivity index (χ0) is 15.2. The second-order valence-electron chi connectivity index (χ2n) is 5.36. The van der Waals surface area contributed by atoms with Crippen LogP contribution in [0.25, 0.3) is 11.4 Å². The average Bonchev–Trinajstić information content (AvgIpc) is 2.91. The van der Waals surface area contributed by atoms with E-state index >= 15 is 0 Å². The Morgan fingerprint density at radius 2 is 2.19 bits per heavy atom. The SMILES string of the molecule is CCCNC(C)CCc1nc(-c2ccc(Br)cc2C)no1. The highest BCUT2D eigenvalue weighted by Gasteiger charge is 2.12. The molecule has 0 aliphatic carbocycles. The van der Waals surface area contributed by atoms with Gasteiger partial charge in [0.2, 0.25) is 11.7 Å². The van der Waals surface area contributed by atoms with Gasteiger partial charge in [-0.2, -0.15) is 4.98 Å². The van der Waals surface area contributed by atoms with Crippen LogP contribution in [0.15, 0.2) is 27.2 Å². The van der Waals surface area contributed by atoms with Gasteiger partial charge in [-0.25, -0.2) is 0 Å². The molecule has 0 fully saturated rings. The molecule has 0 saturated heterocycles. The molecule has 0 saturated carbocycles. The van der Waals surface area contributed by atoms with E-state index in [2.05, 4.69) is 51.3 Å². The van der Waals surface area contributed by atoms with Gasteiger partial charge in [-0.1, -0.05) is 28.0 Å². The summed E-state index contributed by atoms with van der Waals surface area (Å²) in [4.78, 5) is 4.50. The van der Waals surface area contributed by atoms with E-state index in [-0.39, 0.29) is 0 Å². The molecule has 1 aromatic carbocycles. The van der Waals surface area contributed by atoms with Gasteiger partial charge >= 0.3 is 0 Å². The van der Waals surface area contributed by atoms with Crippen LogP contribution in [0.2, 0.25) is 0 Å². The molecule has 0 aliphatic heterocycles. The maximum absolute atomic E-state index is 5.36. The average molecular weight is 352 g/mol. The van der Waals surface area contributed by atoms with Gasteiger partial charge in [-0.15, -0.1) is 0 Å². The van der Waals surface area contributed by atoms with E-state index in [0.717, 1.165) is 41.4 Å². The van der Waals surface area contributed by atoms with Crippen molar-refractivity contribution in [3.05, 3.63) is 34.1 Å². The summed E-state index contributed by atoms with van der Waals surface area (Å²) in [5, 5.41) is 7.56. The number of benzene rings is 1. The maximum atomic E-state index is 5.36. The standard InChI is InChI=1S/C16H22BrN3O/c1-4-9-18-12(3)5-8-15-19-16(20-21-15)14-7-6-13(17)10-11(14)2/h6-7,10,12,18H,4-5,8-9H2,1-3H3. The topological polar surface area (TPSA) is 51.0 Å². The molecular weight excluding hydrogens is 330 g/mol. The first kappa shape index (κ1) is 16.2. The van der Waals surface area contributed by atoms with Gasteiger partial charge in [0, 0.05) is 22.5 Å². The third kappa shape index (κ3) is 4.64. The largest absolute Gasteiger partial charge is 0.339 e. The first-order chi connectivity index (χ1) is 10.1. The van der Waals surface area contributed by atoms with Gasteiger partial charge in [0.1, 0.15) is 0 Å². The lowest BCUT2D eigenvalue weighted by Crippen LogP contribution is -2.27. The lowest BCUT2D eigenvalue weighted by molar-refractivity contribution is 0.367. The monoisotopic (exact) mass is 351 g/mol. The van der Waals surface area contributed by atoms with Gasteiger partial charge in [0.15, 0.2) is 0 Å². The summed E-state index contributed by atoms with van der Waals surface area (Å²) in [5.74, 6) is 1.38. The van der Waals surface area contributed by atoms with Gasteiger partial charge in [0.25, 0.3) is 0 Å². The predicted molar refractivity (Wildman–Crippen MR) is 88.2 cm³/mol. The smallest absolute Gasteiger partial charge is 0.227 e. The summed E-state index contributed by atoms with van der Waals surface area (Å²) in [7, 11) is 0. The van der Waals surface area contributed by atoms with Crippen molar-refractivity contribution < 1.29 is 4.52 Å². The normalized spacial score (nSPS) is 12.6. The van der Waals surface area contributed by atoms with Gasteiger partial charge in [-0.3, -0.25) is 0 Å². The third-order valence-electron chi connectivity index (χ3n) is 3.43. The highest BCUT2D eigenvalue weighted by molar-refractivity contribution is 9.10. The Balaban J connectivity index is 1.98. The molecule has 1 heterocycles. The highest BCUT2D eigenvalue weighted by atomic mass is 79.9. The summed E-state index contributed by atoms with van der Waals surface area (Å²) >= 11 is 3.46. The van der Waals surface area contributed by atoms with Crippen molar-refractivity contribution in [1.29, 1.82) is 0 Å². The summed E-state index contributed by atoms with van der Waals surface area (Å²) in [6, 6.07) is 6.53. The van der Waals surface area contributed by atoms with Crippen LogP contribution in [0.5, 0.6) is 0 Å². The molecule has 1 aromatic heterocycles. The van der Waals surface area contributed by atoms with Crippen molar-refractivity contribution in [2.24, 2.45) is 0 Å².